The molecule has 2 aromatic rings. The highest BCUT2D eigenvalue weighted by Gasteiger charge is 2.20. The van der Waals surface area contributed by atoms with Crippen LogP contribution < -0.4 is 5.73 Å². The van der Waals surface area contributed by atoms with Gasteiger partial charge in [-0.2, -0.15) is 0 Å². The van der Waals surface area contributed by atoms with E-state index in [1.54, 1.807) is 18.3 Å². The molecule has 3 heterocycles. The maximum Gasteiger partial charge on any atom is 0.138 e. The first kappa shape index (κ1) is 16.6. The van der Waals surface area contributed by atoms with Crippen LogP contribution in [-0.2, 0) is 0 Å². The lowest BCUT2D eigenvalue weighted by molar-refractivity contribution is 0.585. The molecule has 0 atom stereocenters. The van der Waals surface area contributed by atoms with Gasteiger partial charge in [-0.1, -0.05) is 0 Å². The molecule has 0 unspecified atom stereocenters. The van der Waals surface area contributed by atoms with Gasteiger partial charge < -0.3 is 10.7 Å². The Morgan fingerprint density at radius 1 is 1.44 bits per heavy atom. The number of amidine groups is 1. The molecule has 4 rings (SSSR count). The van der Waals surface area contributed by atoms with E-state index in [0.29, 0.717) is 5.84 Å². The van der Waals surface area contributed by atoms with Gasteiger partial charge in [0.15, 0.2) is 0 Å². The van der Waals surface area contributed by atoms with Crippen LogP contribution in [0.25, 0.3) is 11.0 Å². The number of hydrogen-bond acceptors (Lipinski definition) is 4. The van der Waals surface area contributed by atoms with Crippen LogP contribution in [-0.4, -0.2) is 46.1 Å². The van der Waals surface area contributed by atoms with E-state index in [-0.39, 0.29) is 0 Å². The monoisotopic (exact) mass is 356 g/mol. The highest BCUT2D eigenvalue weighted by atomic mass is 32.2. The van der Waals surface area contributed by atoms with E-state index in [1.807, 2.05) is 13.1 Å². The molecule has 2 aromatic heterocycles. The number of aromatic amines is 1. The zero-order valence-corrected chi connectivity index (χ0v) is 15.4. The van der Waals surface area contributed by atoms with Crippen LogP contribution in [0.4, 0.5) is 0 Å². The molecular weight excluding hydrogens is 332 g/mol. The number of nitrogens with two attached hydrogens (primary N) is 1. The van der Waals surface area contributed by atoms with Crippen molar-refractivity contribution in [3.8, 4) is 0 Å². The van der Waals surface area contributed by atoms with Crippen molar-refractivity contribution in [1.29, 1.82) is 0 Å². The van der Waals surface area contributed by atoms with Gasteiger partial charge in [-0.15, -0.1) is 0 Å². The average Bonchev–Trinajstić information content (AvgIpc) is 3.11. The van der Waals surface area contributed by atoms with Crippen LogP contribution in [0.15, 0.2) is 27.3 Å². The molecule has 1 saturated carbocycles. The predicted octanol–water partition coefficient (Wildman–Crippen LogP) is 3.12. The summed E-state index contributed by atoms with van der Waals surface area (Å²) in [6, 6.07) is 2.14. The van der Waals surface area contributed by atoms with Crippen molar-refractivity contribution in [2.75, 3.05) is 19.6 Å². The molecule has 1 saturated heterocycles. The summed E-state index contributed by atoms with van der Waals surface area (Å²) >= 11 is 1.77. The maximum absolute atomic E-state index is 6.27. The van der Waals surface area contributed by atoms with Gasteiger partial charge >= 0.3 is 0 Å². The van der Waals surface area contributed by atoms with Crippen molar-refractivity contribution in [2.45, 2.75) is 37.6 Å². The molecule has 1 aliphatic heterocycles. The van der Waals surface area contributed by atoms with E-state index < -0.39 is 0 Å². The van der Waals surface area contributed by atoms with E-state index in [2.05, 4.69) is 30.3 Å². The SMILES string of the molecule is Cc1cnc2[nH]c(SN3CCCC3)cc2c1C(N)=NC=NCC1CC1. The van der Waals surface area contributed by atoms with E-state index in [1.165, 1.54) is 25.7 Å². The van der Waals surface area contributed by atoms with Crippen molar-refractivity contribution in [2.24, 2.45) is 21.6 Å². The molecule has 1 aliphatic carbocycles. The normalized spacial score (nSPS) is 19.5. The third-order valence-corrected chi connectivity index (χ3v) is 5.75. The molecule has 132 valence electrons. The number of H-pyrrole nitrogens is 1. The van der Waals surface area contributed by atoms with E-state index in [9.17, 15) is 0 Å². The predicted molar refractivity (Wildman–Crippen MR) is 104 cm³/mol. The topological polar surface area (TPSA) is 82.7 Å². The van der Waals surface area contributed by atoms with Crippen molar-refractivity contribution in [3.05, 3.63) is 23.4 Å². The second kappa shape index (κ2) is 7.17. The summed E-state index contributed by atoms with van der Waals surface area (Å²) < 4.78 is 2.39. The Morgan fingerprint density at radius 2 is 2.24 bits per heavy atom. The summed E-state index contributed by atoms with van der Waals surface area (Å²) in [5, 5.41) is 2.13. The van der Waals surface area contributed by atoms with E-state index in [4.69, 9.17) is 5.73 Å². The van der Waals surface area contributed by atoms with Gasteiger partial charge in [0.05, 0.1) is 5.03 Å². The minimum atomic E-state index is 0.501. The smallest absolute Gasteiger partial charge is 0.138 e. The molecule has 0 amide bonds. The van der Waals surface area contributed by atoms with Gasteiger partial charge in [-0.3, -0.25) is 4.99 Å². The third-order valence-electron chi connectivity index (χ3n) is 4.71. The molecule has 0 bridgehead atoms. The molecule has 7 heteroatoms. The Bertz CT molecular complexity index is 814. The Labute approximate surface area is 152 Å². The summed E-state index contributed by atoms with van der Waals surface area (Å²) in [4.78, 5) is 16.6. The van der Waals surface area contributed by atoms with Gasteiger partial charge in [-0.25, -0.2) is 14.3 Å². The lowest BCUT2D eigenvalue weighted by Gasteiger charge is -2.10. The van der Waals surface area contributed by atoms with Gasteiger partial charge in [0, 0.05) is 36.8 Å². The highest BCUT2D eigenvalue weighted by molar-refractivity contribution is 7.97. The Balaban J connectivity index is 1.59. The number of fused-ring (bicyclic) bond motifs is 1. The van der Waals surface area contributed by atoms with Gasteiger partial charge in [-0.05, 0) is 62.1 Å². The van der Waals surface area contributed by atoms with Gasteiger partial charge in [0.25, 0.3) is 0 Å². The molecule has 6 nitrogen and oxygen atoms in total. The molecular formula is C18H24N6S. The van der Waals surface area contributed by atoms with Crippen LogP contribution >= 0.6 is 11.9 Å². The highest BCUT2D eigenvalue weighted by Crippen LogP contribution is 2.30. The molecule has 3 N–H and O–H groups in total. The second-order valence-electron chi connectivity index (χ2n) is 6.88. The Morgan fingerprint density at radius 3 is 3.00 bits per heavy atom. The molecule has 25 heavy (non-hydrogen) atoms. The quantitative estimate of drug-likeness (QED) is 0.473. The summed E-state index contributed by atoms with van der Waals surface area (Å²) in [5.41, 5.74) is 9.10. The fraction of sp³-hybridized carbons (Fsp3) is 0.500. The van der Waals surface area contributed by atoms with Crippen LogP contribution in [0.1, 0.15) is 36.8 Å². The number of nitrogens with zero attached hydrogens (tertiary/aromatic N) is 4. The third kappa shape index (κ3) is 3.88. The largest absolute Gasteiger partial charge is 0.383 e. The minimum absolute atomic E-state index is 0.501. The number of nitrogens with one attached hydrogen (secondary N) is 1. The number of pyridine rings is 1. The van der Waals surface area contributed by atoms with Crippen molar-refractivity contribution < 1.29 is 0 Å². The first-order valence-corrected chi connectivity index (χ1v) is 9.71. The van der Waals surface area contributed by atoms with E-state index in [0.717, 1.165) is 52.7 Å². The average molecular weight is 356 g/mol. The molecule has 0 spiro atoms. The van der Waals surface area contributed by atoms with Crippen LogP contribution in [0.3, 0.4) is 0 Å². The maximum atomic E-state index is 6.27. The lowest BCUT2D eigenvalue weighted by atomic mass is 10.1. The second-order valence-corrected chi connectivity index (χ2v) is 8.02. The minimum Gasteiger partial charge on any atom is -0.383 e. The molecule has 0 aromatic carbocycles. The van der Waals surface area contributed by atoms with Crippen molar-refractivity contribution >= 4 is 35.2 Å². The van der Waals surface area contributed by atoms with Crippen molar-refractivity contribution in [3.63, 3.8) is 0 Å². The fourth-order valence-electron chi connectivity index (χ4n) is 3.12. The summed E-state index contributed by atoms with van der Waals surface area (Å²) in [7, 11) is 0. The zero-order valence-electron chi connectivity index (χ0n) is 14.5. The Kier molecular flexibility index (Phi) is 4.76. The molecule has 0 radical (unpaired) electrons. The zero-order chi connectivity index (χ0) is 17.2. The lowest BCUT2D eigenvalue weighted by Crippen LogP contribution is -2.15. The molecule has 2 fully saturated rings. The number of aromatic nitrogens is 2. The van der Waals surface area contributed by atoms with Crippen molar-refractivity contribution in [1.82, 2.24) is 14.3 Å². The van der Waals surface area contributed by atoms with Gasteiger partial charge in [0.1, 0.15) is 17.8 Å². The van der Waals surface area contributed by atoms with Crippen LogP contribution in [0.2, 0.25) is 0 Å². The standard InChI is InChI=1S/C18H24N6S/c1-12-9-21-18-14(8-15(23-18)25-24-6-2-3-7-24)16(12)17(19)22-11-20-10-13-4-5-13/h8-9,11,13H,2-7,10H2,1H3,(H,21,23)(H2,19,20,22). The fourth-order valence-corrected chi connectivity index (χ4v) is 4.15. The van der Waals surface area contributed by atoms with E-state index >= 15 is 0 Å². The first-order valence-electron chi connectivity index (χ1n) is 8.94. The summed E-state index contributed by atoms with van der Waals surface area (Å²) in [6.45, 7) is 5.16. The summed E-state index contributed by atoms with van der Waals surface area (Å²) in [6.07, 6.45) is 8.59. The first-order chi connectivity index (χ1) is 12.2. The summed E-state index contributed by atoms with van der Waals surface area (Å²) in [5.74, 6) is 1.26. The number of hydrogen-bond donors (Lipinski definition) is 2. The van der Waals surface area contributed by atoms with Crippen LogP contribution in [0, 0.1) is 12.8 Å². The van der Waals surface area contributed by atoms with Gasteiger partial charge in [0.2, 0.25) is 0 Å². The Hall–Kier alpha value is -1.86. The number of aliphatic imine (C=N–C) groups is 2. The van der Waals surface area contributed by atoms with Crippen LogP contribution in [0.5, 0.6) is 0 Å². The number of rotatable bonds is 6. The molecule has 2 aliphatic rings. The number of aryl methyl sites for hydroxylation is 1.